The van der Waals surface area contributed by atoms with Gasteiger partial charge >= 0.3 is 0 Å². The molecule has 0 bridgehead atoms. The van der Waals surface area contributed by atoms with Crippen LogP contribution >= 0.6 is 0 Å². The molecule has 3 heteroatoms. The maximum Gasteiger partial charge on any atom is 0.0625 e. The maximum atomic E-state index is 4.56. The van der Waals surface area contributed by atoms with E-state index in [0.717, 1.165) is 18.9 Å². The van der Waals surface area contributed by atoms with Gasteiger partial charge in [-0.2, -0.15) is 5.10 Å². The molecule has 1 aromatic rings. The summed E-state index contributed by atoms with van der Waals surface area (Å²) in [5.74, 6) is 0.930. The second-order valence-corrected chi connectivity index (χ2v) is 5.18. The molecule has 0 radical (unpaired) electrons. The van der Waals surface area contributed by atoms with Crippen molar-refractivity contribution in [2.75, 3.05) is 6.54 Å². The Labute approximate surface area is 105 Å². The molecule has 1 unspecified atom stereocenters. The molecule has 0 aliphatic heterocycles. The third-order valence-corrected chi connectivity index (χ3v) is 3.93. The number of nitrogens with one attached hydrogen (secondary N) is 1. The average molecular weight is 235 g/mol. The van der Waals surface area contributed by atoms with Crippen LogP contribution in [0.1, 0.15) is 57.0 Å². The zero-order valence-corrected chi connectivity index (χ0v) is 11.4. The molecular formula is C14H25N3. The minimum atomic E-state index is 0.489. The van der Waals surface area contributed by atoms with Gasteiger partial charge in [-0.05, 0) is 31.4 Å². The molecule has 1 atom stereocenters. The molecule has 1 N–H and O–H groups in total. The highest BCUT2D eigenvalue weighted by Crippen LogP contribution is 2.34. The summed E-state index contributed by atoms with van der Waals surface area (Å²) in [6.45, 7) is 5.38. The van der Waals surface area contributed by atoms with Gasteiger partial charge in [0.25, 0.3) is 0 Å². The van der Waals surface area contributed by atoms with Crippen molar-refractivity contribution in [2.24, 2.45) is 13.0 Å². The van der Waals surface area contributed by atoms with Gasteiger partial charge in [-0.3, -0.25) is 4.68 Å². The fourth-order valence-corrected chi connectivity index (χ4v) is 2.66. The SMILES string of the molecule is CCNC(CC1CCC1)c1cc(CC)nn1C. The Morgan fingerprint density at radius 1 is 1.47 bits per heavy atom. The largest absolute Gasteiger partial charge is 0.309 e. The van der Waals surface area contributed by atoms with Crippen molar-refractivity contribution < 1.29 is 0 Å². The maximum absolute atomic E-state index is 4.56. The quantitative estimate of drug-likeness (QED) is 0.821. The van der Waals surface area contributed by atoms with Crippen LogP contribution in [0.15, 0.2) is 6.07 Å². The van der Waals surface area contributed by atoms with Gasteiger partial charge < -0.3 is 5.32 Å². The molecule has 96 valence electrons. The molecule has 0 amide bonds. The predicted molar refractivity (Wildman–Crippen MR) is 71.0 cm³/mol. The molecule has 1 saturated carbocycles. The molecule has 1 aliphatic rings. The predicted octanol–water partition coefficient (Wildman–Crippen LogP) is 2.82. The summed E-state index contributed by atoms with van der Waals surface area (Å²) in [4.78, 5) is 0. The van der Waals surface area contributed by atoms with Gasteiger partial charge in [0.2, 0.25) is 0 Å². The van der Waals surface area contributed by atoms with Crippen LogP contribution in [0.25, 0.3) is 0 Å². The zero-order chi connectivity index (χ0) is 12.3. The lowest BCUT2D eigenvalue weighted by molar-refractivity contribution is 0.258. The standard InChI is InChI=1S/C14H25N3/c1-4-12-10-14(17(3)16-12)13(15-5-2)9-11-7-6-8-11/h10-11,13,15H,4-9H2,1-3H3. The van der Waals surface area contributed by atoms with Crippen molar-refractivity contribution in [1.29, 1.82) is 0 Å². The highest BCUT2D eigenvalue weighted by atomic mass is 15.3. The minimum Gasteiger partial charge on any atom is -0.309 e. The molecule has 0 spiro atoms. The highest BCUT2D eigenvalue weighted by molar-refractivity contribution is 5.14. The molecule has 3 nitrogen and oxygen atoms in total. The minimum absolute atomic E-state index is 0.489. The first-order valence-electron chi connectivity index (χ1n) is 7.00. The number of hydrogen-bond acceptors (Lipinski definition) is 2. The van der Waals surface area contributed by atoms with Crippen LogP contribution in [0.2, 0.25) is 0 Å². The second kappa shape index (κ2) is 5.67. The summed E-state index contributed by atoms with van der Waals surface area (Å²) in [5.41, 5.74) is 2.56. The Morgan fingerprint density at radius 2 is 2.24 bits per heavy atom. The summed E-state index contributed by atoms with van der Waals surface area (Å²) in [6.07, 6.45) is 6.56. The number of aromatic nitrogens is 2. The Balaban J connectivity index is 2.09. The van der Waals surface area contributed by atoms with E-state index in [1.54, 1.807) is 0 Å². The third-order valence-electron chi connectivity index (χ3n) is 3.93. The molecule has 1 aliphatic carbocycles. The van der Waals surface area contributed by atoms with Gasteiger partial charge in [-0.1, -0.05) is 33.1 Å². The molecule has 1 heterocycles. The van der Waals surface area contributed by atoms with E-state index in [9.17, 15) is 0 Å². The van der Waals surface area contributed by atoms with Crippen molar-refractivity contribution in [3.05, 3.63) is 17.5 Å². The lowest BCUT2D eigenvalue weighted by Crippen LogP contribution is -2.27. The molecule has 0 aromatic carbocycles. The van der Waals surface area contributed by atoms with Crippen LogP contribution in [-0.4, -0.2) is 16.3 Å². The van der Waals surface area contributed by atoms with Crippen LogP contribution in [0, 0.1) is 5.92 Å². The molecular weight excluding hydrogens is 210 g/mol. The summed E-state index contributed by atoms with van der Waals surface area (Å²) < 4.78 is 2.06. The van der Waals surface area contributed by atoms with Crippen LogP contribution in [0.5, 0.6) is 0 Å². The normalized spacial score (nSPS) is 18.1. The fraction of sp³-hybridized carbons (Fsp3) is 0.786. The van der Waals surface area contributed by atoms with Crippen LogP contribution in [0.4, 0.5) is 0 Å². The summed E-state index contributed by atoms with van der Waals surface area (Å²) in [7, 11) is 2.07. The molecule has 1 fully saturated rings. The second-order valence-electron chi connectivity index (χ2n) is 5.18. The van der Waals surface area contributed by atoms with Crippen LogP contribution in [-0.2, 0) is 13.5 Å². The van der Waals surface area contributed by atoms with E-state index in [1.807, 2.05) is 0 Å². The van der Waals surface area contributed by atoms with Crippen molar-refractivity contribution in [1.82, 2.24) is 15.1 Å². The molecule has 0 saturated heterocycles. The van der Waals surface area contributed by atoms with Crippen LogP contribution < -0.4 is 5.32 Å². The van der Waals surface area contributed by atoms with Crippen molar-refractivity contribution in [3.8, 4) is 0 Å². The highest BCUT2D eigenvalue weighted by Gasteiger charge is 2.24. The van der Waals surface area contributed by atoms with Gasteiger partial charge in [-0.15, -0.1) is 0 Å². The Morgan fingerprint density at radius 3 is 2.71 bits per heavy atom. The Hall–Kier alpha value is -0.830. The van der Waals surface area contributed by atoms with Gasteiger partial charge in [0.1, 0.15) is 0 Å². The van der Waals surface area contributed by atoms with Crippen molar-refractivity contribution >= 4 is 0 Å². The molecule has 17 heavy (non-hydrogen) atoms. The van der Waals surface area contributed by atoms with Gasteiger partial charge in [0.15, 0.2) is 0 Å². The first kappa shape index (κ1) is 12.6. The van der Waals surface area contributed by atoms with E-state index in [0.29, 0.717) is 6.04 Å². The van der Waals surface area contributed by atoms with E-state index in [4.69, 9.17) is 0 Å². The van der Waals surface area contributed by atoms with E-state index in [2.05, 4.69) is 42.1 Å². The Bertz CT molecular complexity index is 352. The van der Waals surface area contributed by atoms with Gasteiger partial charge in [0.05, 0.1) is 11.4 Å². The monoisotopic (exact) mass is 235 g/mol. The van der Waals surface area contributed by atoms with Crippen molar-refractivity contribution in [3.63, 3.8) is 0 Å². The third kappa shape index (κ3) is 2.89. The van der Waals surface area contributed by atoms with Crippen LogP contribution in [0.3, 0.4) is 0 Å². The van der Waals surface area contributed by atoms with Gasteiger partial charge in [-0.25, -0.2) is 0 Å². The topological polar surface area (TPSA) is 29.9 Å². The van der Waals surface area contributed by atoms with E-state index in [1.165, 1.54) is 37.1 Å². The van der Waals surface area contributed by atoms with E-state index < -0.39 is 0 Å². The number of aryl methyl sites for hydroxylation is 2. The zero-order valence-electron chi connectivity index (χ0n) is 11.4. The average Bonchev–Trinajstić information content (AvgIpc) is 2.63. The van der Waals surface area contributed by atoms with E-state index >= 15 is 0 Å². The molecule has 2 rings (SSSR count). The number of hydrogen-bond donors (Lipinski definition) is 1. The fourth-order valence-electron chi connectivity index (χ4n) is 2.66. The number of rotatable bonds is 6. The lowest BCUT2D eigenvalue weighted by Gasteiger charge is -2.30. The first-order valence-corrected chi connectivity index (χ1v) is 7.00. The lowest BCUT2D eigenvalue weighted by atomic mass is 9.80. The first-order chi connectivity index (χ1) is 8.24. The summed E-state index contributed by atoms with van der Waals surface area (Å²) >= 11 is 0. The summed E-state index contributed by atoms with van der Waals surface area (Å²) in [6, 6.07) is 2.76. The van der Waals surface area contributed by atoms with Crippen molar-refractivity contribution in [2.45, 2.75) is 52.0 Å². The smallest absolute Gasteiger partial charge is 0.0625 e. The Kier molecular flexibility index (Phi) is 4.21. The summed E-state index contributed by atoms with van der Waals surface area (Å²) in [5, 5.41) is 8.18. The molecule has 1 aromatic heterocycles. The number of nitrogens with zero attached hydrogens (tertiary/aromatic N) is 2. The van der Waals surface area contributed by atoms with Gasteiger partial charge in [0, 0.05) is 13.1 Å². The van der Waals surface area contributed by atoms with E-state index in [-0.39, 0.29) is 0 Å².